The molecule has 0 aromatic carbocycles. The predicted molar refractivity (Wildman–Crippen MR) is 58.4 cm³/mol. The molecule has 0 saturated carbocycles. The minimum absolute atomic E-state index is 0.0480. The van der Waals surface area contributed by atoms with E-state index in [1.165, 1.54) is 11.2 Å². The Labute approximate surface area is 93.5 Å². The smallest absolute Gasteiger partial charge is 0.236 e. The molecular weight excluding hydrogens is 211 g/mol. The lowest BCUT2D eigenvalue weighted by Gasteiger charge is -2.20. The van der Waals surface area contributed by atoms with E-state index in [1.807, 2.05) is 0 Å². The molecule has 0 unspecified atom stereocenters. The summed E-state index contributed by atoms with van der Waals surface area (Å²) in [6.07, 6.45) is 1.77. The lowest BCUT2D eigenvalue weighted by molar-refractivity contribution is -0.116. The topological polar surface area (TPSA) is 72.1 Å². The summed E-state index contributed by atoms with van der Waals surface area (Å²) in [6.45, 7) is 4.02. The van der Waals surface area contributed by atoms with Crippen molar-refractivity contribution in [2.75, 3.05) is 18.0 Å². The number of halogens is 1. The number of aromatic nitrogens is 2. The molecule has 0 aliphatic rings. The van der Waals surface area contributed by atoms with Crippen molar-refractivity contribution < 1.29 is 9.18 Å². The van der Waals surface area contributed by atoms with E-state index in [-0.39, 0.29) is 12.4 Å². The number of amides is 1. The van der Waals surface area contributed by atoms with Gasteiger partial charge in [0.15, 0.2) is 11.6 Å². The highest BCUT2D eigenvalue weighted by Crippen LogP contribution is 2.17. The fourth-order valence-corrected chi connectivity index (χ4v) is 1.39. The van der Waals surface area contributed by atoms with Gasteiger partial charge in [-0.1, -0.05) is 6.92 Å². The summed E-state index contributed by atoms with van der Waals surface area (Å²) in [5, 5.41) is 0. The van der Waals surface area contributed by atoms with Crippen molar-refractivity contribution in [1.29, 1.82) is 0 Å². The first-order chi connectivity index (χ1) is 7.60. The molecule has 6 heteroatoms. The summed E-state index contributed by atoms with van der Waals surface area (Å²) >= 11 is 0. The molecule has 0 radical (unpaired) electrons. The maximum absolute atomic E-state index is 13.8. The van der Waals surface area contributed by atoms with Crippen LogP contribution in [0.15, 0.2) is 6.33 Å². The molecule has 1 aromatic heterocycles. The van der Waals surface area contributed by atoms with Crippen LogP contribution in [0.1, 0.15) is 19.5 Å². The molecule has 0 aliphatic carbocycles. The zero-order chi connectivity index (χ0) is 12.1. The molecule has 0 saturated heterocycles. The summed E-state index contributed by atoms with van der Waals surface area (Å²) in [6, 6.07) is 0. The third-order valence-corrected chi connectivity index (χ3v) is 2.21. The van der Waals surface area contributed by atoms with E-state index in [2.05, 4.69) is 9.97 Å². The van der Waals surface area contributed by atoms with Gasteiger partial charge in [-0.15, -0.1) is 0 Å². The first kappa shape index (κ1) is 12.4. The van der Waals surface area contributed by atoms with E-state index in [4.69, 9.17) is 5.73 Å². The Bertz CT molecular complexity index is 383. The average molecular weight is 226 g/mol. The molecule has 1 heterocycles. The van der Waals surface area contributed by atoms with E-state index in [9.17, 15) is 9.18 Å². The molecule has 0 aliphatic heterocycles. The third-order valence-electron chi connectivity index (χ3n) is 2.21. The molecule has 2 N–H and O–H groups in total. The van der Waals surface area contributed by atoms with Gasteiger partial charge in [-0.25, -0.2) is 14.4 Å². The highest BCUT2D eigenvalue weighted by Gasteiger charge is 2.16. The third kappa shape index (κ3) is 2.65. The zero-order valence-corrected chi connectivity index (χ0v) is 9.40. The number of aryl methyl sites for hydroxylation is 1. The van der Waals surface area contributed by atoms with Gasteiger partial charge in [0.25, 0.3) is 0 Å². The van der Waals surface area contributed by atoms with Crippen molar-refractivity contribution in [2.45, 2.75) is 20.3 Å². The van der Waals surface area contributed by atoms with Gasteiger partial charge in [-0.05, 0) is 13.3 Å². The fourth-order valence-electron chi connectivity index (χ4n) is 1.39. The van der Waals surface area contributed by atoms with Crippen LogP contribution in [0.4, 0.5) is 10.2 Å². The van der Waals surface area contributed by atoms with E-state index in [0.29, 0.717) is 18.7 Å². The molecule has 1 rings (SSSR count). The fraction of sp³-hybridized carbons (Fsp3) is 0.500. The van der Waals surface area contributed by atoms with E-state index in [0.717, 1.165) is 0 Å². The minimum Gasteiger partial charge on any atom is -0.368 e. The van der Waals surface area contributed by atoms with Crippen molar-refractivity contribution in [1.82, 2.24) is 9.97 Å². The van der Waals surface area contributed by atoms with Gasteiger partial charge in [-0.2, -0.15) is 0 Å². The van der Waals surface area contributed by atoms with Crippen LogP contribution in [0, 0.1) is 5.82 Å². The van der Waals surface area contributed by atoms with Crippen LogP contribution in [-0.4, -0.2) is 29.0 Å². The van der Waals surface area contributed by atoms with Crippen LogP contribution in [-0.2, 0) is 11.2 Å². The van der Waals surface area contributed by atoms with Crippen LogP contribution in [0.2, 0.25) is 0 Å². The Morgan fingerprint density at radius 3 is 2.69 bits per heavy atom. The van der Waals surface area contributed by atoms with Crippen molar-refractivity contribution in [3.05, 3.63) is 17.8 Å². The Morgan fingerprint density at radius 2 is 2.19 bits per heavy atom. The van der Waals surface area contributed by atoms with Gasteiger partial charge >= 0.3 is 0 Å². The highest BCUT2D eigenvalue weighted by molar-refractivity contribution is 5.79. The molecule has 1 amide bonds. The SMILES string of the molecule is CCc1ncnc(N(CC)CC(N)=O)c1F. The van der Waals surface area contributed by atoms with Gasteiger partial charge in [0, 0.05) is 6.54 Å². The van der Waals surface area contributed by atoms with Gasteiger partial charge < -0.3 is 10.6 Å². The Kier molecular flexibility index (Phi) is 4.16. The number of hydrogen-bond donors (Lipinski definition) is 1. The van der Waals surface area contributed by atoms with Gasteiger partial charge in [0.05, 0.1) is 12.2 Å². The number of rotatable bonds is 5. The number of primary amides is 1. The van der Waals surface area contributed by atoms with Crippen LogP contribution in [0.3, 0.4) is 0 Å². The van der Waals surface area contributed by atoms with Crippen molar-refractivity contribution >= 4 is 11.7 Å². The number of likely N-dealkylation sites (N-methyl/N-ethyl adjacent to an activating group) is 1. The summed E-state index contributed by atoms with van der Waals surface area (Å²) in [4.78, 5) is 20.0. The average Bonchev–Trinajstić information content (AvgIpc) is 2.26. The quantitative estimate of drug-likeness (QED) is 0.793. The number of carbonyl (C=O) groups excluding carboxylic acids is 1. The van der Waals surface area contributed by atoms with Gasteiger partial charge in [0.1, 0.15) is 6.33 Å². The van der Waals surface area contributed by atoms with Crippen LogP contribution >= 0.6 is 0 Å². The molecule has 0 spiro atoms. The Hall–Kier alpha value is -1.72. The minimum atomic E-state index is -0.516. The maximum Gasteiger partial charge on any atom is 0.236 e. The second-order valence-electron chi connectivity index (χ2n) is 3.29. The number of hydrogen-bond acceptors (Lipinski definition) is 4. The lowest BCUT2D eigenvalue weighted by Crippen LogP contribution is -2.35. The van der Waals surface area contributed by atoms with Crippen LogP contribution < -0.4 is 10.6 Å². The van der Waals surface area contributed by atoms with Crippen molar-refractivity contribution in [3.8, 4) is 0 Å². The Morgan fingerprint density at radius 1 is 1.50 bits per heavy atom. The second kappa shape index (κ2) is 5.39. The normalized spacial score (nSPS) is 10.2. The van der Waals surface area contributed by atoms with E-state index < -0.39 is 11.7 Å². The van der Waals surface area contributed by atoms with E-state index in [1.54, 1.807) is 13.8 Å². The number of nitrogens with zero attached hydrogens (tertiary/aromatic N) is 3. The second-order valence-corrected chi connectivity index (χ2v) is 3.29. The summed E-state index contributed by atoms with van der Waals surface area (Å²) in [5.41, 5.74) is 5.42. The highest BCUT2D eigenvalue weighted by atomic mass is 19.1. The maximum atomic E-state index is 13.8. The molecule has 16 heavy (non-hydrogen) atoms. The number of anilines is 1. The van der Waals surface area contributed by atoms with Crippen molar-refractivity contribution in [3.63, 3.8) is 0 Å². The van der Waals surface area contributed by atoms with Gasteiger partial charge in [0.2, 0.25) is 5.91 Å². The molecule has 0 bridgehead atoms. The van der Waals surface area contributed by atoms with E-state index >= 15 is 0 Å². The lowest BCUT2D eigenvalue weighted by atomic mass is 10.3. The summed E-state index contributed by atoms with van der Waals surface area (Å²) in [7, 11) is 0. The molecular formula is C10H15FN4O. The largest absolute Gasteiger partial charge is 0.368 e. The monoisotopic (exact) mass is 226 g/mol. The standard InChI is InChI=1S/C10H15FN4O/c1-3-7-9(11)10(14-6-13-7)15(4-2)5-8(12)16/h6H,3-5H2,1-2H3,(H2,12,16). The van der Waals surface area contributed by atoms with Crippen molar-refractivity contribution in [2.24, 2.45) is 5.73 Å². The van der Waals surface area contributed by atoms with Gasteiger partial charge in [-0.3, -0.25) is 4.79 Å². The van der Waals surface area contributed by atoms with Crippen LogP contribution in [0.25, 0.3) is 0 Å². The molecule has 1 aromatic rings. The molecule has 5 nitrogen and oxygen atoms in total. The molecule has 88 valence electrons. The zero-order valence-electron chi connectivity index (χ0n) is 9.40. The predicted octanol–water partition coefficient (Wildman–Crippen LogP) is 0.490. The summed E-state index contributed by atoms with van der Waals surface area (Å²) in [5.74, 6) is -0.862. The molecule has 0 atom stereocenters. The first-order valence-corrected chi connectivity index (χ1v) is 5.12. The number of nitrogens with two attached hydrogens (primary N) is 1. The Balaban J connectivity index is 3.04. The van der Waals surface area contributed by atoms with Crippen LogP contribution in [0.5, 0.6) is 0 Å². The first-order valence-electron chi connectivity index (χ1n) is 5.12. The molecule has 0 fully saturated rings. The summed E-state index contributed by atoms with van der Waals surface area (Å²) < 4.78 is 13.8. The number of carbonyl (C=O) groups is 1.